The van der Waals surface area contributed by atoms with Gasteiger partial charge in [-0.1, -0.05) is 24.6 Å². The summed E-state index contributed by atoms with van der Waals surface area (Å²) in [5.41, 5.74) is 2.67. The van der Waals surface area contributed by atoms with Gasteiger partial charge in [0, 0.05) is 25.8 Å². The number of hydrogen-bond donors (Lipinski definition) is 1. The lowest BCUT2D eigenvalue weighted by Crippen LogP contribution is -2.42. The van der Waals surface area contributed by atoms with Gasteiger partial charge in [0.2, 0.25) is 0 Å². The molecule has 1 aliphatic carbocycles. The van der Waals surface area contributed by atoms with Gasteiger partial charge in [-0.05, 0) is 61.4 Å². The van der Waals surface area contributed by atoms with Gasteiger partial charge in [-0.25, -0.2) is 4.99 Å². The lowest BCUT2D eigenvalue weighted by molar-refractivity contribution is 0.151. The van der Waals surface area contributed by atoms with Crippen LogP contribution in [0, 0.1) is 5.41 Å². The van der Waals surface area contributed by atoms with E-state index in [1.54, 1.807) is 6.20 Å². The molecule has 1 N–H and O–H groups in total. The van der Waals surface area contributed by atoms with Crippen LogP contribution in [0.15, 0.2) is 53.7 Å². The van der Waals surface area contributed by atoms with Crippen molar-refractivity contribution in [2.24, 2.45) is 10.4 Å². The predicted molar refractivity (Wildman–Crippen MR) is 112 cm³/mol. The summed E-state index contributed by atoms with van der Waals surface area (Å²) in [5, 5.41) is 3.48. The highest BCUT2D eigenvalue weighted by Crippen LogP contribution is 2.47. The molecule has 4 rings (SSSR count). The van der Waals surface area contributed by atoms with Crippen molar-refractivity contribution in [1.29, 1.82) is 0 Å². The number of likely N-dealkylation sites (tertiary alicyclic amines) is 1. The van der Waals surface area contributed by atoms with Crippen LogP contribution >= 0.6 is 0 Å². The van der Waals surface area contributed by atoms with E-state index in [1.807, 2.05) is 30.3 Å². The van der Waals surface area contributed by atoms with E-state index in [2.05, 4.69) is 34.3 Å². The minimum absolute atomic E-state index is 0.478. The Bertz CT molecular complexity index is 801. The molecule has 2 aliphatic rings. The Kier molecular flexibility index (Phi) is 5.79. The fourth-order valence-electron chi connectivity index (χ4n) is 4.17. The van der Waals surface area contributed by atoms with Gasteiger partial charge in [-0.15, -0.1) is 0 Å². The average Bonchev–Trinajstić information content (AvgIpc) is 3.17. The number of pyridine rings is 1. The van der Waals surface area contributed by atoms with Gasteiger partial charge in [-0.2, -0.15) is 0 Å². The fourth-order valence-corrected chi connectivity index (χ4v) is 4.17. The van der Waals surface area contributed by atoms with Crippen LogP contribution in [0.2, 0.25) is 0 Å². The highest BCUT2D eigenvalue weighted by atomic mass is 16.5. The molecule has 1 aromatic carbocycles. The van der Waals surface area contributed by atoms with Crippen LogP contribution in [0.5, 0.6) is 5.75 Å². The van der Waals surface area contributed by atoms with E-state index in [4.69, 9.17) is 9.73 Å². The van der Waals surface area contributed by atoms with Gasteiger partial charge in [0.15, 0.2) is 5.96 Å². The summed E-state index contributed by atoms with van der Waals surface area (Å²) in [6.07, 6.45) is 7.27. The zero-order valence-electron chi connectivity index (χ0n) is 16.7. The second-order valence-corrected chi connectivity index (χ2v) is 7.95. The predicted octanol–water partition coefficient (Wildman–Crippen LogP) is 4.00. The molecule has 2 aromatic rings. The summed E-state index contributed by atoms with van der Waals surface area (Å²) in [6.45, 7) is 6.45. The van der Waals surface area contributed by atoms with E-state index < -0.39 is 0 Å². The smallest absolute Gasteiger partial charge is 0.194 e. The molecule has 5 nitrogen and oxygen atoms in total. The van der Waals surface area contributed by atoms with E-state index >= 15 is 0 Å². The fraction of sp³-hybridized carbons (Fsp3) is 0.478. The molecule has 2 fully saturated rings. The van der Waals surface area contributed by atoms with Gasteiger partial charge >= 0.3 is 0 Å². The molecule has 1 saturated carbocycles. The van der Waals surface area contributed by atoms with Crippen molar-refractivity contribution in [2.75, 3.05) is 19.6 Å². The number of hydrogen-bond acceptors (Lipinski definition) is 3. The average molecular weight is 379 g/mol. The first-order valence-electron chi connectivity index (χ1n) is 10.4. The van der Waals surface area contributed by atoms with Crippen LogP contribution in [0.25, 0.3) is 0 Å². The molecular weight excluding hydrogens is 348 g/mol. The molecule has 28 heavy (non-hydrogen) atoms. The molecule has 1 saturated heterocycles. The molecule has 5 heteroatoms. The Labute approximate surface area is 167 Å². The van der Waals surface area contributed by atoms with Crippen LogP contribution in [-0.4, -0.2) is 35.5 Å². The zero-order valence-corrected chi connectivity index (χ0v) is 16.7. The summed E-state index contributed by atoms with van der Waals surface area (Å²) < 4.78 is 5.90. The van der Waals surface area contributed by atoms with E-state index in [0.717, 1.165) is 42.6 Å². The summed E-state index contributed by atoms with van der Waals surface area (Å²) in [6, 6.07) is 14.1. The van der Waals surface area contributed by atoms with Gasteiger partial charge in [0.05, 0.1) is 12.2 Å². The molecule has 2 heterocycles. The summed E-state index contributed by atoms with van der Waals surface area (Å²) in [5.74, 6) is 1.91. The normalized spacial score (nSPS) is 18.2. The minimum atomic E-state index is 0.478. The van der Waals surface area contributed by atoms with E-state index in [1.165, 1.54) is 25.7 Å². The van der Waals surface area contributed by atoms with Crippen molar-refractivity contribution in [3.63, 3.8) is 0 Å². The maximum Gasteiger partial charge on any atom is 0.194 e. The quantitative estimate of drug-likeness (QED) is 0.610. The molecular formula is C23H30N4O. The maximum absolute atomic E-state index is 5.90. The molecule has 148 valence electrons. The number of aromatic nitrogens is 1. The molecule has 1 spiro atoms. The summed E-state index contributed by atoms with van der Waals surface area (Å²) >= 11 is 0. The van der Waals surface area contributed by atoms with Crippen molar-refractivity contribution < 1.29 is 4.74 Å². The van der Waals surface area contributed by atoms with Gasteiger partial charge in [-0.3, -0.25) is 4.98 Å². The third kappa shape index (κ3) is 4.46. The number of aliphatic imine (C=N–C) groups is 1. The molecule has 1 aromatic heterocycles. The van der Waals surface area contributed by atoms with E-state index in [-0.39, 0.29) is 0 Å². The van der Waals surface area contributed by atoms with Crippen LogP contribution in [0.4, 0.5) is 0 Å². The van der Waals surface area contributed by atoms with E-state index in [0.29, 0.717) is 18.6 Å². The molecule has 0 radical (unpaired) electrons. The Morgan fingerprint density at radius 3 is 2.86 bits per heavy atom. The number of ether oxygens (including phenoxy) is 1. The second kappa shape index (κ2) is 8.63. The third-order valence-corrected chi connectivity index (χ3v) is 5.91. The number of nitrogens with one attached hydrogen (secondary N) is 1. The van der Waals surface area contributed by atoms with Crippen molar-refractivity contribution >= 4 is 5.96 Å². The van der Waals surface area contributed by atoms with Crippen LogP contribution in [-0.2, 0) is 13.2 Å². The van der Waals surface area contributed by atoms with Gasteiger partial charge in [0.1, 0.15) is 12.4 Å². The number of guanidine groups is 1. The standard InChI is InChI=1S/C23H30N4O/c1-2-24-22(27-14-12-23(18-27)10-6-11-23)26-16-19-7-5-9-21(15-19)28-17-20-8-3-4-13-25-20/h3-5,7-9,13,15H,2,6,10-12,14,16-18H2,1H3,(H,24,26). The van der Waals surface area contributed by atoms with E-state index in [9.17, 15) is 0 Å². The SMILES string of the molecule is CCNC(=NCc1cccc(OCc2ccccn2)c1)N1CCC2(CCC2)C1. The molecule has 0 amide bonds. The summed E-state index contributed by atoms with van der Waals surface area (Å²) in [4.78, 5) is 11.7. The topological polar surface area (TPSA) is 49.8 Å². The summed E-state index contributed by atoms with van der Waals surface area (Å²) in [7, 11) is 0. The number of benzene rings is 1. The highest BCUT2D eigenvalue weighted by molar-refractivity contribution is 5.80. The van der Waals surface area contributed by atoms with Crippen LogP contribution in [0.1, 0.15) is 43.9 Å². The zero-order chi connectivity index (χ0) is 19.2. The molecule has 0 unspecified atom stereocenters. The number of nitrogens with zero attached hydrogens (tertiary/aromatic N) is 3. The lowest BCUT2D eigenvalue weighted by atomic mass is 9.68. The highest BCUT2D eigenvalue weighted by Gasteiger charge is 2.43. The largest absolute Gasteiger partial charge is 0.487 e. The number of rotatable bonds is 6. The van der Waals surface area contributed by atoms with Crippen molar-refractivity contribution in [3.8, 4) is 5.75 Å². The Hall–Kier alpha value is -2.56. The first-order valence-corrected chi connectivity index (χ1v) is 10.4. The Morgan fingerprint density at radius 1 is 1.21 bits per heavy atom. The minimum Gasteiger partial charge on any atom is -0.487 e. The second-order valence-electron chi connectivity index (χ2n) is 7.95. The third-order valence-electron chi connectivity index (χ3n) is 5.91. The Balaban J connectivity index is 1.38. The van der Waals surface area contributed by atoms with Crippen molar-refractivity contribution in [1.82, 2.24) is 15.2 Å². The monoisotopic (exact) mass is 378 g/mol. The van der Waals surface area contributed by atoms with Crippen molar-refractivity contribution in [2.45, 2.75) is 45.8 Å². The molecule has 1 aliphatic heterocycles. The molecule has 0 bridgehead atoms. The first kappa shape index (κ1) is 18.8. The van der Waals surface area contributed by atoms with Crippen LogP contribution < -0.4 is 10.1 Å². The Morgan fingerprint density at radius 2 is 2.14 bits per heavy atom. The van der Waals surface area contributed by atoms with Gasteiger partial charge < -0.3 is 15.0 Å². The van der Waals surface area contributed by atoms with Crippen molar-refractivity contribution in [3.05, 3.63) is 59.9 Å². The molecule has 0 atom stereocenters. The first-order chi connectivity index (χ1) is 13.8. The van der Waals surface area contributed by atoms with Gasteiger partial charge in [0.25, 0.3) is 0 Å². The maximum atomic E-state index is 5.90. The van der Waals surface area contributed by atoms with Crippen LogP contribution in [0.3, 0.4) is 0 Å². The lowest BCUT2D eigenvalue weighted by Gasteiger charge is -2.38.